The van der Waals surface area contributed by atoms with E-state index in [0.717, 1.165) is 41.5 Å². The Morgan fingerprint density at radius 3 is 2.62 bits per heavy atom. The highest BCUT2D eigenvalue weighted by Crippen LogP contribution is 2.31. The summed E-state index contributed by atoms with van der Waals surface area (Å²) < 4.78 is 1.83. The second-order valence-corrected chi connectivity index (χ2v) is 6.13. The number of rotatable bonds is 7. The zero-order chi connectivity index (χ0) is 12.0. The summed E-state index contributed by atoms with van der Waals surface area (Å²) in [5, 5.41) is 3.43. The van der Waals surface area contributed by atoms with Crippen LogP contribution in [0.4, 0.5) is 0 Å². The molecule has 1 heterocycles. The molecular weight excluding hydrogens is 308 g/mol. The lowest BCUT2D eigenvalue weighted by atomic mass is 10.4. The molecule has 0 atom stereocenters. The molecule has 0 fully saturated rings. The molecule has 0 aliphatic carbocycles. The minimum atomic E-state index is 0.834. The highest BCUT2D eigenvalue weighted by Gasteiger charge is 2.04. The molecule has 0 unspecified atom stereocenters. The molecule has 0 aliphatic rings. The van der Waals surface area contributed by atoms with Gasteiger partial charge in [-0.15, -0.1) is 11.3 Å². The van der Waals surface area contributed by atoms with Crippen molar-refractivity contribution < 1.29 is 0 Å². The summed E-state index contributed by atoms with van der Waals surface area (Å²) in [5.74, 6) is 0. The number of nitrogens with zero attached hydrogens (tertiary/aromatic N) is 1. The van der Waals surface area contributed by atoms with Crippen molar-refractivity contribution in [2.45, 2.75) is 20.4 Å². The maximum absolute atomic E-state index is 5.97. The molecule has 1 aromatic heterocycles. The van der Waals surface area contributed by atoms with Gasteiger partial charge in [-0.3, -0.25) is 0 Å². The van der Waals surface area contributed by atoms with Crippen molar-refractivity contribution in [2.75, 3.05) is 26.2 Å². The fraction of sp³-hybridized carbons (Fsp3) is 0.636. The molecule has 2 nitrogen and oxygen atoms in total. The van der Waals surface area contributed by atoms with Crippen LogP contribution >= 0.6 is 38.9 Å². The van der Waals surface area contributed by atoms with Crippen LogP contribution in [-0.4, -0.2) is 31.1 Å². The lowest BCUT2D eigenvalue weighted by Gasteiger charge is -2.17. The first-order valence-electron chi connectivity index (χ1n) is 5.54. The third kappa shape index (κ3) is 4.72. The van der Waals surface area contributed by atoms with E-state index in [0.29, 0.717) is 0 Å². The second-order valence-electron chi connectivity index (χ2n) is 3.54. The van der Waals surface area contributed by atoms with E-state index in [2.05, 4.69) is 46.1 Å². The molecule has 0 saturated heterocycles. The van der Waals surface area contributed by atoms with Crippen LogP contribution < -0.4 is 5.32 Å². The van der Waals surface area contributed by atoms with E-state index in [9.17, 15) is 0 Å². The van der Waals surface area contributed by atoms with Crippen LogP contribution in [0, 0.1) is 0 Å². The van der Waals surface area contributed by atoms with Crippen molar-refractivity contribution in [1.82, 2.24) is 10.2 Å². The quantitative estimate of drug-likeness (QED) is 0.771. The molecule has 5 heteroatoms. The van der Waals surface area contributed by atoms with E-state index < -0.39 is 0 Å². The van der Waals surface area contributed by atoms with Gasteiger partial charge < -0.3 is 10.2 Å². The van der Waals surface area contributed by atoms with E-state index in [4.69, 9.17) is 11.6 Å². The van der Waals surface area contributed by atoms with Crippen molar-refractivity contribution in [1.29, 1.82) is 0 Å². The first-order valence-corrected chi connectivity index (χ1v) is 7.52. The zero-order valence-corrected chi connectivity index (χ0v) is 12.9. The summed E-state index contributed by atoms with van der Waals surface area (Å²) in [6, 6.07) is 2.08. The zero-order valence-electron chi connectivity index (χ0n) is 9.72. The topological polar surface area (TPSA) is 15.3 Å². The minimum absolute atomic E-state index is 0.834. The van der Waals surface area contributed by atoms with Crippen LogP contribution in [0.5, 0.6) is 0 Å². The second kappa shape index (κ2) is 7.67. The van der Waals surface area contributed by atoms with Crippen molar-refractivity contribution in [3.63, 3.8) is 0 Å². The molecule has 1 rings (SSSR count). The van der Waals surface area contributed by atoms with Crippen LogP contribution in [0.25, 0.3) is 0 Å². The summed E-state index contributed by atoms with van der Waals surface area (Å²) in [5.41, 5.74) is 0. The van der Waals surface area contributed by atoms with E-state index in [1.807, 2.05) is 0 Å². The minimum Gasteiger partial charge on any atom is -0.311 e. The third-order valence-corrected chi connectivity index (χ3v) is 4.97. The Morgan fingerprint density at radius 2 is 2.12 bits per heavy atom. The molecule has 0 bridgehead atoms. The lowest BCUT2D eigenvalue weighted by Crippen LogP contribution is -2.31. The van der Waals surface area contributed by atoms with Gasteiger partial charge in [0.1, 0.15) is 4.34 Å². The molecule has 0 spiro atoms. The maximum Gasteiger partial charge on any atom is 0.107 e. The highest BCUT2D eigenvalue weighted by atomic mass is 79.9. The van der Waals surface area contributed by atoms with E-state index in [1.165, 1.54) is 4.88 Å². The van der Waals surface area contributed by atoms with Crippen molar-refractivity contribution >= 4 is 38.9 Å². The summed E-state index contributed by atoms with van der Waals surface area (Å²) in [4.78, 5) is 3.68. The van der Waals surface area contributed by atoms with Gasteiger partial charge in [0.05, 0.1) is 0 Å². The fourth-order valence-electron chi connectivity index (χ4n) is 1.47. The van der Waals surface area contributed by atoms with Gasteiger partial charge in [0.2, 0.25) is 0 Å². The fourth-order valence-corrected chi connectivity index (χ4v) is 3.23. The monoisotopic (exact) mass is 324 g/mol. The van der Waals surface area contributed by atoms with Crippen LogP contribution in [0.3, 0.4) is 0 Å². The van der Waals surface area contributed by atoms with Gasteiger partial charge in [-0.1, -0.05) is 25.4 Å². The van der Waals surface area contributed by atoms with E-state index >= 15 is 0 Å². The Hall–Kier alpha value is 0.390. The number of nitrogens with one attached hydrogen (secondary N) is 1. The van der Waals surface area contributed by atoms with Gasteiger partial charge >= 0.3 is 0 Å². The highest BCUT2D eigenvalue weighted by molar-refractivity contribution is 9.10. The van der Waals surface area contributed by atoms with Crippen LogP contribution in [-0.2, 0) is 6.54 Å². The van der Waals surface area contributed by atoms with Crippen molar-refractivity contribution in [3.8, 4) is 0 Å². The summed E-state index contributed by atoms with van der Waals surface area (Å²) in [6.07, 6.45) is 0. The largest absolute Gasteiger partial charge is 0.311 e. The maximum atomic E-state index is 5.97. The van der Waals surface area contributed by atoms with Gasteiger partial charge in [0, 0.05) is 29.0 Å². The average Bonchev–Trinajstić information content (AvgIpc) is 2.59. The Labute approximate surface area is 115 Å². The lowest BCUT2D eigenvalue weighted by molar-refractivity contribution is 0.302. The Morgan fingerprint density at radius 1 is 1.44 bits per heavy atom. The van der Waals surface area contributed by atoms with Gasteiger partial charge in [-0.05, 0) is 35.1 Å². The number of hydrogen-bond donors (Lipinski definition) is 1. The average molecular weight is 326 g/mol. The van der Waals surface area contributed by atoms with E-state index in [1.54, 1.807) is 11.3 Å². The molecule has 1 aromatic rings. The standard InChI is InChI=1S/C11H18BrClN2S/c1-3-15(4-2)6-5-14-8-9-7-10(12)11(13)16-9/h7,14H,3-6,8H2,1-2H3. The van der Waals surface area contributed by atoms with Crippen LogP contribution in [0.15, 0.2) is 10.5 Å². The van der Waals surface area contributed by atoms with Crippen molar-refractivity contribution in [3.05, 3.63) is 19.8 Å². The number of thiophene rings is 1. The number of likely N-dealkylation sites (N-methyl/N-ethyl adjacent to an activating group) is 1. The number of hydrogen-bond acceptors (Lipinski definition) is 3. The molecule has 92 valence electrons. The Balaban J connectivity index is 2.20. The van der Waals surface area contributed by atoms with Crippen LogP contribution in [0.1, 0.15) is 18.7 Å². The van der Waals surface area contributed by atoms with Gasteiger partial charge in [0.15, 0.2) is 0 Å². The first kappa shape index (κ1) is 14.5. The summed E-state index contributed by atoms with van der Waals surface area (Å²) >= 11 is 11.0. The van der Waals surface area contributed by atoms with Gasteiger partial charge in [-0.25, -0.2) is 0 Å². The molecule has 0 aromatic carbocycles. The third-order valence-electron chi connectivity index (χ3n) is 2.49. The smallest absolute Gasteiger partial charge is 0.107 e. The van der Waals surface area contributed by atoms with E-state index in [-0.39, 0.29) is 0 Å². The molecule has 0 aliphatic heterocycles. The summed E-state index contributed by atoms with van der Waals surface area (Å²) in [7, 11) is 0. The van der Waals surface area contributed by atoms with Gasteiger partial charge in [0.25, 0.3) is 0 Å². The van der Waals surface area contributed by atoms with Crippen LogP contribution in [0.2, 0.25) is 4.34 Å². The molecular formula is C11H18BrClN2S. The Kier molecular flexibility index (Phi) is 6.92. The summed E-state index contributed by atoms with van der Waals surface area (Å²) in [6.45, 7) is 9.65. The predicted octanol–water partition coefficient (Wildman–Crippen LogP) is 3.60. The molecule has 0 saturated carbocycles. The molecule has 1 N–H and O–H groups in total. The molecule has 16 heavy (non-hydrogen) atoms. The predicted molar refractivity (Wildman–Crippen MR) is 76.5 cm³/mol. The first-order chi connectivity index (χ1) is 7.67. The van der Waals surface area contributed by atoms with Gasteiger partial charge in [-0.2, -0.15) is 0 Å². The SMILES string of the molecule is CCN(CC)CCNCc1cc(Br)c(Cl)s1. The molecule has 0 amide bonds. The normalized spacial score (nSPS) is 11.3. The number of halogens is 2. The Bertz CT molecular complexity index is 293. The molecule has 0 radical (unpaired) electrons. The van der Waals surface area contributed by atoms with Crippen molar-refractivity contribution in [2.24, 2.45) is 0 Å².